The summed E-state index contributed by atoms with van der Waals surface area (Å²) >= 11 is 0. The molecule has 5 nitrogen and oxygen atoms in total. The fourth-order valence-corrected chi connectivity index (χ4v) is 4.03. The third kappa shape index (κ3) is 3.08. The van der Waals surface area contributed by atoms with Crippen molar-refractivity contribution in [2.75, 3.05) is 11.9 Å². The third-order valence-electron chi connectivity index (χ3n) is 5.22. The summed E-state index contributed by atoms with van der Waals surface area (Å²) in [6.45, 7) is 1.62. The van der Waals surface area contributed by atoms with Gasteiger partial charge in [0.25, 0.3) is 0 Å². The Morgan fingerprint density at radius 1 is 1.26 bits per heavy atom. The predicted octanol–water partition coefficient (Wildman–Crippen LogP) is 1.60. The van der Waals surface area contributed by atoms with Gasteiger partial charge in [0.05, 0.1) is 0 Å². The van der Waals surface area contributed by atoms with Gasteiger partial charge in [0.1, 0.15) is 5.82 Å². The number of carbonyl (C=O) groups excluding carboxylic acids is 2. The van der Waals surface area contributed by atoms with Gasteiger partial charge in [-0.3, -0.25) is 9.59 Å². The normalized spacial score (nSPS) is 28.7. The molecule has 2 amide bonds. The molecule has 2 aliphatic rings. The van der Waals surface area contributed by atoms with Crippen LogP contribution in [0.25, 0.3) is 0 Å². The zero-order valence-electron chi connectivity index (χ0n) is 13.0. The molecular weight excluding hydrogens is 299 g/mol. The lowest BCUT2D eigenvalue weighted by molar-refractivity contribution is -0.137. The van der Waals surface area contributed by atoms with Crippen LogP contribution in [0.1, 0.15) is 24.8 Å². The van der Waals surface area contributed by atoms with Crippen LogP contribution in [0.5, 0.6) is 0 Å². The van der Waals surface area contributed by atoms with E-state index in [-0.39, 0.29) is 24.4 Å². The van der Waals surface area contributed by atoms with Gasteiger partial charge >= 0.3 is 11.8 Å². The van der Waals surface area contributed by atoms with Crippen LogP contribution in [0, 0.1) is 30.5 Å². The van der Waals surface area contributed by atoms with Crippen LogP contribution in [-0.4, -0.2) is 29.6 Å². The van der Waals surface area contributed by atoms with Crippen molar-refractivity contribution in [3.8, 4) is 0 Å². The summed E-state index contributed by atoms with van der Waals surface area (Å²) in [5.74, 6) is -1.00. The van der Waals surface area contributed by atoms with Crippen LogP contribution in [0.3, 0.4) is 0 Å². The molecule has 23 heavy (non-hydrogen) atoms. The number of benzene rings is 1. The predicted molar refractivity (Wildman–Crippen MR) is 83.1 cm³/mol. The molecule has 3 rings (SSSR count). The number of nitrogens with one attached hydrogen (secondary N) is 2. The largest absolute Gasteiger partial charge is 0.396 e. The molecule has 4 atom stereocenters. The van der Waals surface area contributed by atoms with Crippen LogP contribution < -0.4 is 10.6 Å². The van der Waals surface area contributed by atoms with Gasteiger partial charge in [-0.2, -0.15) is 0 Å². The highest BCUT2D eigenvalue weighted by molar-refractivity contribution is 6.39. The highest BCUT2D eigenvalue weighted by atomic mass is 19.1. The second-order valence-corrected chi connectivity index (χ2v) is 6.60. The number of fused-ring (bicyclic) bond motifs is 2. The maximum atomic E-state index is 13.2. The van der Waals surface area contributed by atoms with E-state index in [1.54, 1.807) is 6.92 Å². The Kier molecular flexibility index (Phi) is 4.35. The van der Waals surface area contributed by atoms with Crippen LogP contribution in [0.15, 0.2) is 18.2 Å². The standard InChI is InChI=1S/C17H21FN2O3/c1-9-6-12(4-5-14(9)18)19-16(22)17(23)20-15-11-3-2-10(7-11)13(15)8-21/h4-6,10-11,13,15,21H,2-3,7-8H2,1H3,(H,19,22)(H,20,23)/t10-,11-,13+,15-/m0/s1. The van der Waals surface area contributed by atoms with Crippen molar-refractivity contribution >= 4 is 17.5 Å². The van der Waals surface area contributed by atoms with Gasteiger partial charge in [-0.1, -0.05) is 0 Å². The van der Waals surface area contributed by atoms with Gasteiger partial charge < -0.3 is 15.7 Å². The van der Waals surface area contributed by atoms with E-state index in [1.165, 1.54) is 18.2 Å². The van der Waals surface area contributed by atoms with Gasteiger partial charge in [-0.15, -0.1) is 0 Å². The van der Waals surface area contributed by atoms with Gasteiger partial charge in [0.2, 0.25) is 0 Å². The van der Waals surface area contributed by atoms with E-state index < -0.39 is 11.8 Å². The van der Waals surface area contributed by atoms with Gasteiger partial charge in [-0.25, -0.2) is 4.39 Å². The first kappa shape index (κ1) is 15.9. The fraction of sp³-hybridized carbons (Fsp3) is 0.529. The van der Waals surface area contributed by atoms with Crippen molar-refractivity contribution in [2.24, 2.45) is 17.8 Å². The van der Waals surface area contributed by atoms with Crippen LogP contribution in [0.2, 0.25) is 0 Å². The molecule has 124 valence electrons. The molecule has 2 saturated carbocycles. The molecule has 0 spiro atoms. The lowest BCUT2D eigenvalue weighted by Crippen LogP contribution is -2.48. The van der Waals surface area contributed by atoms with E-state index in [2.05, 4.69) is 10.6 Å². The van der Waals surface area contributed by atoms with Crippen molar-refractivity contribution in [3.63, 3.8) is 0 Å². The van der Waals surface area contributed by atoms with E-state index in [0.29, 0.717) is 23.1 Å². The number of carbonyl (C=O) groups is 2. The number of anilines is 1. The van der Waals surface area contributed by atoms with Crippen molar-refractivity contribution < 1.29 is 19.1 Å². The highest BCUT2D eigenvalue weighted by Crippen LogP contribution is 2.48. The molecule has 0 saturated heterocycles. The second kappa shape index (κ2) is 6.28. The van der Waals surface area contributed by atoms with E-state index in [4.69, 9.17) is 0 Å². The van der Waals surface area contributed by atoms with Crippen molar-refractivity contribution in [1.82, 2.24) is 5.32 Å². The van der Waals surface area contributed by atoms with Crippen molar-refractivity contribution in [2.45, 2.75) is 32.2 Å². The summed E-state index contributed by atoms with van der Waals surface area (Å²) in [5.41, 5.74) is 0.785. The average molecular weight is 320 g/mol. The number of aryl methyl sites for hydroxylation is 1. The van der Waals surface area contributed by atoms with Crippen LogP contribution >= 0.6 is 0 Å². The van der Waals surface area contributed by atoms with Crippen molar-refractivity contribution in [3.05, 3.63) is 29.6 Å². The number of halogens is 1. The zero-order valence-corrected chi connectivity index (χ0v) is 13.0. The minimum Gasteiger partial charge on any atom is -0.396 e. The summed E-state index contributed by atoms with van der Waals surface area (Å²) in [6, 6.07) is 4.02. The molecule has 6 heteroatoms. The summed E-state index contributed by atoms with van der Waals surface area (Å²) in [6.07, 6.45) is 3.13. The topological polar surface area (TPSA) is 78.4 Å². The number of amides is 2. The summed E-state index contributed by atoms with van der Waals surface area (Å²) in [5, 5.41) is 14.8. The van der Waals surface area contributed by atoms with Crippen LogP contribution in [0.4, 0.5) is 10.1 Å². The number of hydrogen-bond donors (Lipinski definition) is 3. The Bertz CT molecular complexity index is 634. The fourth-order valence-electron chi connectivity index (χ4n) is 4.03. The summed E-state index contributed by atoms with van der Waals surface area (Å²) < 4.78 is 13.2. The lowest BCUT2D eigenvalue weighted by Gasteiger charge is -2.30. The van der Waals surface area contributed by atoms with Crippen molar-refractivity contribution in [1.29, 1.82) is 0 Å². The Hall–Kier alpha value is -1.95. The Labute approximate surface area is 134 Å². The van der Waals surface area contributed by atoms with Gasteiger partial charge in [0.15, 0.2) is 0 Å². The lowest BCUT2D eigenvalue weighted by atomic mass is 9.85. The molecule has 1 aromatic rings. The molecule has 0 heterocycles. The molecule has 1 aromatic carbocycles. The minimum absolute atomic E-state index is 0.0326. The maximum absolute atomic E-state index is 13.2. The van der Waals surface area contributed by atoms with Crippen LogP contribution in [-0.2, 0) is 9.59 Å². The first-order valence-corrected chi connectivity index (χ1v) is 7.98. The summed E-state index contributed by atoms with van der Waals surface area (Å²) in [7, 11) is 0. The Morgan fingerprint density at radius 2 is 2.00 bits per heavy atom. The van der Waals surface area contributed by atoms with E-state index >= 15 is 0 Å². The average Bonchev–Trinajstić information content (AvgIpc) is 3.12. The molecular formula is C17H21FN2O3. The smallest absolute Gasteiger partial charge is 0.313 e. The monoisotopic (exact) mass is 320 g/mol. The molecule has 2 bridgehead atoms. The summed E-state index contributed by atoms with van der Waals surface area (Å²) in [4.78, 5) is 24.1. The first-order valence-electron chi connectivity index (χ1n) is 7.98. The SMILES string of the molecule is Cc1cc(NC(=O)C(=O)N[C@H]2[C@H]3CC[C@@H](C3)[C@H]2CO)ccc1F. The molecule has 2 fully saturated rings. The van der Waals surface area contributed by atoms with E-state index in [0.717, 1.165) is 19.3 Å². The quantitative estimate of drug-likeness (QED) is 0.740. The number of aliphatic hydroxyl groups is 1. The number of rotatable bonds is 3. The zero-order chi connectivity index (χ0) is 16.6. The molecule has 2 aliphatic carbocycles. The highest BCUT2D eigenvalue weighted by Gasteiger charge is 2.48. The Morgan fingerprint density at radius 3 is 2.70 bits per heavy atom. The molecule has 0 aromatic heterocycles. The second-order valence-electron chi connectivity index (χ2n) is 6.60. The third-order valence-corrected chi connectivity index (χ3v) is 5.22. The molecule has 0 unspecified atom stereocenters. The molecule has 0 aliphatic heterocycles. The van der Waals surface area contributed by atoms with E-state index in [1.807, 2.05) is 0 Å². The van der Waals surface area contributed by atoms with E-state index in [9.17, 15) is 19.1 Å². The minimum atomic E-state index is -0.768. The Balaban J connectivity index is 1.61. The molecule has 0 radical (unpaired) electrons. The van der Waals surface area contributed by atoms with Gasteiger partial charge in [-0.05, 0) is 61.8 Å². The van der Waals surface area contributed by atoms with Gasteiger partial charge in [0, 0.05) is 24.3 Å². The first-order chi connectivity index (χ1) is 11.0. The maximum Gasteiger partial charge on any atom is 0.313 e. The number of hydrogen-bond acceptors (Lipinski definition) is 3. The number of aliphatic hydroxyl groups excluding tert-OH is 1. The molecule has 3 N–H and O–H groups in total.